The highest BCUT2D eigenvalue weighted by Crippen LogP contribution is 2.26. The molecule has 2 aliphatic rings. The summed E-state index contributed by atoms with van der Waals surface area (Å²) < 4.78 is 39.4. The summed E-state index contributed by atoms with van der Waals surface area (Å²) in [5.74, 6) is 1.62. The van der Waals surface area contributed by atoms with Crippen LogP contribution in [0.3, 0.4) is 0 Å². The molecule has 1 aromatic carbocycles. The lowest BCUT2D eigenvalue weighted by Gasteiger charge is -2.21. The number of imidazole rings is 1. The van der Waals surface area contributed by atoms with Crippen molar-refractivity contribution in [1.29, 1.82) is 0 Å². The lowest BCUT2D eigenvalue weighted by molar-refractivity contribution is -0.380. The summed E-state index contributed by atoms with van der Waals surface area (Å²) in [7, 11) is -3.60. The quantitative estimate of drug-likeness (QED) is 0.423. The fraction of sp³-hybridized carbons (Fsp3) is 0.522. The van der Waals surface area contributed by atoms with Crippen molar-refractivity contribution in [3.8, 4) is 5.88 Å². The van der Waals surface area contributed by atoms with E-state index >= 15 is 0 Å². The van der Waals surface area contributed by atoms with Crippen molar-refractivity contribution in [3.63, 3.8) is 0 Å². The van der Waals surface area contributed by atoms with Crippen LogP contribution in [0.2, 0.25) is 0 Å². The van der Waals surface area contributed by atoms with Gasteiger partial charge in [0.05, 0.1) is 29.6 Å². The highest BCUT2D eigenvalue weighted by atomic mass is 32.2. The number of anilines is 2. The van der Waals surface area contributed by atoms with Crippen LogP contribution in [0.15, 0.2) is 35.5 Å². The molecule has 0 bridgehead atoms. The van der Waals surface area contributed by atoms with Crippen LogP contribution in [0.25, 0.3) is 11.2 Å². The van der Waals surface area contributed by atoms with Crippen LogP contribution >= 0.6 is 0 Å². The molecule has 5 rings (SSSR count). The molecular weight excluding hydrogens is 456 g/mol. The molecule has 1 saturated heterocycles. The number of sulfonamides is 1. The number of hydrogen-bond acceptors (Lipinski definition) is 7. The van der Waals surface area contributed by atoms with E-state index < -0.39 is 10.0 Å². The molecule has 182 valence electrons. The molecule has 1 saturated carbocycles. The third-order valence-electron chi connectivity index (χ3n) is 6.44. The number of nitrogens with one attached hydrogen (secondary N) is 4. The van der Waals surface area contributed by atoms with Crippen LogP contribution in [-0.2, 0) is 14.8 Å². The largest absolute Gasteiger partial charge is 0.466 e. The lowest BCUT2D eigenvalue weighted by Crippen LogP contribution is -2.31. The fourth-order valence-electron chi connectivity index (χ4n) is 4.51. The van der Waals surface area contributed by atoms with E-state index in [0.717, 1.165) is 18.4 Å². The minimum absolute atomic E-state index is 0.0520. The van der Waals surface area contributed by atoms with Gasteiger partial charge in [0, 0.05) is 13.2 Å². The summed E-state index contributed by atoms with van der Waals surface area (Å²) >= 11 is 0. The van der Waals surface area contributed by atoms with Gasteiger partial charge in [-0.05, 0) is 60.9 Å². The molecule has 0 amide bonds. The van der Waals surface area contributed by atoms with Crippen LogP contribution < -0.4 is 19.8 Å². The standard InChI is InChI=1S/C23H30N6O4S/c30-34(31,26-13-18-7-4-12-32-18)19-10-8-17(9-11-19)27-23-28-21-20(24-15-25-21)22(29-23)33-14-16-5-2-1-3-6-16/h8-11,15-16,18,26H,1-7,12-14H2,(H2,24,25,27,28,29)/p+1. The Morgan fingerprint density at radius 1 is 1.12 bits per heavy atom. The highest BCUT2D eigenvalue weighted by molar-refractivity contribution is 7.89. The number of aromatic nitrogens is 4. The first-order valence-corrected chi connectivity index (χ1v) is 13.4. The van der Waals surface area contributed by atoms with E-state index in [9.17, 15) is 8.42 Å². The van der Waals surface area contributed by atoms with Gasteiger partial charge in [-0.15, -0.1) is 0 Å². The Kier molecular flexibility index (Phi) is 6.93. The first kappa shape index (κ1) is 23.0. The van der Waals surface area contributed by atoms with Crippen LogP contribution in [-0.4, -0.2) is 49.2 Å². The smallest absolute Gasteiger partial charge is 0.399 e. The molecule has 1 atom stereocenters. The van der Waals surface area contributed by atoms with Gasteiger partial charge in [0.2, 0.25) is 10.0 Å². The summed E-state index contributed by atoms with van der Waals surface area (Å²) in [5.41, 5.74) is 1.95. The van der Waals surface area contributed by atoms with E-state index in [0.29, 0.717) is 42.3 Å². The van der Waals surface area contributed by atoms with Gasteiger partial charge in [-0.1, -0.05) is 19.3 Å². The summed E-state index contributed by atoms with van der Waals surface area (Å²) in [6.45, 7) is 1.63. The zero-order valence-electron chi connectivity index (χ0n) is 19.0. The Morgan fingerprint density at radius 3 is 2.71 bits per heavy atom. The minimum atomic E-state index is -3.60. The molecule has 34 heavy (non-hydrogen) atoms. The topological polar surface area (TPSA) is 132 Å². The highest BCUT2D eigenvalue weighted by Gasteiger charge is 2.22. The average Bonchev–Trinajstić information content (AvgIpc) is 3.55. The van der Waals surface area contributed by atoms with E-state index in [-0.39, 0.29) is 17.5 Å². The Hall–Kier alpha value is -2.76. The maximum atomic E-state index is 12.6. The average molecular weight is 488 g/mol. The Morgan fingerprint density at radius 2 is 1.94 bits per heavy atom. The van der Waals surface area contributed by atoms with E-state index in [1.54, 1.807) is 30.6 Å². The minimum Gasteiger partial charge on any atom is -0.466 e. The normalized spacial score (nSPS) is 19.5. The molecule has 0 spiro atoms. The van der Waals surface area contributed by atoms with Crippen LogP contribution in [0.5, 0.6) is 5.88 Å². The molecule has 4 N–H and O–H groups in total. The fourth-order valence-corrected chi connectivity index (χ4v) is 5.58. The zero-order chi connectivity index (χ0) is 23.4. The van der Waals surface area contributed by atoms with Gasteiger partial charge in [-0.25, -0.2) is 28.4 Å². The number of fused-ring (bicyclic) bond motifs is 1. The number of aromatic amines is 2. The van der Waals surface area contributed by atoms with Gasteiger partial charge in [0.25, 0.3) is 11.5 Å². The van der Waals surface area contributed by atoms with Crippen molar-refractivity contribution in [1.82, 2.24) is 19.7 Å². The number of nitrogens with zero attached hydrogens (tertiary/aromatic N) is 2. The van der Waals surface area contributed by atoms with E-state index in [1.807, 2.05) is 0 Å². The SMILES string of the molecule is O=S(=O)(NCC1CCCO1)c1ccc(Nc2nc3nc[nH]c3c(OCC3CCCCC3)[nH+]2)cc1. The van der Waals surface area contributed by atoms with Gasteiger partial charge < -0.3 is 14.5 Å². The first-order chi connectivity index (χ1) is 16.6. The number of benzene rings is 1. The lowest BCUT2D eigenvalue weighted by atomic mass is 9.90. The van der Waals surface area contributed by atoms with Gasteiger partial charge in [-0.3, -0.25) is 0 Å². The third kappa shape index (κ3) is 5.48. The van der Waals surface area contributed by atoms with Crippen LogP contribution in [0, 0.1) is 5.92 Å². The van der Waals surface area contributed by atoms with Crippen molar-refractivity contribution in [2.24, 2.45) is 5.92 Å². The maximum Gasteiger partial charge on any atom is 0.399 e. The molecule has 1 aliphatic carbocycles. The second-order valence-corrected chi connectivity index (χ2v) is 10.7. The van der Waals surface area contributed by atoms with Crippen molar-refractivity contribution in [2.75, 3.05) is 25.1 Å². The summed E-state index contributed by atoms with van der Waals surface area (Å²) in [6, 6.07) is 6.53. The van der Waals surface area contributed by atoms with Gasteiger partial charge in [0.15, 0.2) is 5.52 Å². The van der Waals surface area contributed by atoms with Gasteiger partial charge >= 0.3 is 5.95 Å². The summed E-state index contributed by atoms with van der Waals surface area (Å²) in [4.78, 5) is 15.3. The Bertz CT molecular complexity index is 1200. The van der Waals surface area contributed by atoms with E-state index in [1.165, 1.54) is 32.1 Å². The molecule has 10 nitrogen and oxygen atoms in total. The van der Waals surface area contributed by atoms with Gasteiger partial charge in [0.1, 0.15) is 0 Å². The second-order valence-electron chi connectivity index (χ2n) is 8.97. The number of ether oxygens (including phenoxy) is 2. The molecule has 2 aromatic heterocycles. The van der Waals surface area contributed by atoms with Crippen molar-refractivity contribution in [3.05, 3.63) is 30.6 Å². The predicted octanol–water partition coefficient (Wildman–Crippen LogP) is 2.93. The Balaban J connectivity index is 1.26. The predicted molar refractivity (Wildman–Crippen MR) is 126 cm³/mol. The molecule has 3 heterocycles. The second kappa shape index (κ2) is 10.2. The van der Waals surface area contributed by atoms with Crippen LogP contribution in [0.1, 0.15) is 44.9 Å². The van der Waals surface area contributed by atoms with Crippen LogP contribution in [0.4, 0.5) is 11.6 Å². The third-order valence-corrected chi connectivity index (χ3v) is 7.88. The molecular formula is C23H31N6O4S+. The molecule has 2 fully saturated rings. The summed E-state index contributed by atoms with van der Waals surface area (Å²) in [6.07, 6.45) is 9.60. The monoisotopic (exact) mass is 487 g/mol. The maximum absolute atomic E-state index is 12.6. The number of hydrogen-bond donors (Lipinski definition) is 3. The van der Waals surface area contributed by atoms with Gasteiger partial charge in [-0.2, -0.15) is 0 Å². The van der Waals surface area contributed by atoms with Crippen molar-refractivity contribution in [2.45, 2.75) is 55.9 Å². The van der Waals surface area contributed by atoms with Crippen molar-refractivity contribution < 1.29 is 22.9 Å². The molecule has 11 heteroatoms. The van der Waals surface area contributed by atoms with E-state index in [2.05, 4.69) is 30.0 Å². The molecule has 3 aromatic rings. The number of rotatable bonds is 9. The molecule has 0 radical (unpaired) electrons. The summed E-state index contributed by atoms with van der Waals surface area (Å²) in [5, 5.41) is 3.18. The first-order valence-electron chi connectivity index (χ1n) is 11.9. The molecule has 1 aliphatic heterocycles. The molecule has 1 unspecified atom stereocenters. The number of H-pyrrole nitrogens is 2. The zero-order valence-corrected chi connectivity index (χ0v) is 19.9. The Labute approximate surface area is 198 Å². The van der Waals surface area contributed by atoms with Crippen molar-refractivity contribution >= 4 is 32.8 Å². The van der Waals surface area contributed by atoms with E-state index in [4.69, 9.17) is 9.47 Å².